The van der Waals surface area contributed by atoms with Gasteiger partial charge in [0.1, 0.15) is 17.5 Å². The van der Waals surface area contributed by atoms with Crippen molar-refractivity contribution in [1.29, 1.82) is 0 Å². The van der Waals surface area contributed by atoms with Gasteiger partial charge in [0.25, 0.3) is 5.91 Å². The van der Waals surface area contributed by atoms with Crippen LogP contribution in [0.5, 0.6) is 11.5 Å². The summed E-state index contributed by atoms with van der Waals surface area (Å²) in [6.07, 6.45) is 4.79. The Morgan fingerprint density at radius 1 is 1.10 bits per heavy atom. The lowest BCUT2D eigenvalue weighted by molar-refractivity contribution is -0.159. The van der Waals surface area contributed by atoms with Gasteiger partial charge in [0.05, 0.1) is 31.7 Å². The molecule has 3 amide bonds. The minimum Gasteiger partial charge on any atom is -0.497 e. The average molecular weight is 428 g/mol. The van der Waals surface area contributed by atoms with E-state index in [9.17, 15) is 19.2 Å². The number of rotatable bonds is 7. The van der Waals surface area contributed by atoms with E-state index in [4.69, 9.17) is 14.2 Å². The normalized spacial score (nSPS) is 26.6. The van der Waals surface area contributed by atoms with Crippen molar-refractivity contribution in [3.8, 4) is 11.5 Å². The molecule has 1 aromatic rings. The number of anilines is 1. The first-order valence-corrected chi connectivity index (χ1v) is 10.1. The van der Waals surface area contributed by atoms with E-state index in [1.54, 1.807) is 18.2 Å². The van der Waals surface area contributed by atoms with E-state index in [-0.39, 0.29) is 35.5 Å². The molecule has 3 aliphatic rings. The maximum atomic E-state index is 12.8. The molecule has 1 heterocycles. The average Bonchev–Trinajstić information content (AvgIpc) is 3.45. The quantitative estimate of drug-likeness (QED) is 0.397. The van der Waals surface area contributed by atoms with Crippen LogP contribution < -0.4 is 14.8 Å². The minimum atomic E-state index is -1.09. The van der Waals surface area contributed by atoms with Gasteiger partial charge in [0, 0.05) is 6.07 Å². The Balaban J connectivity index is 1.34. The van der Waals surface area contributed by atoms with Gasteiger partial charge >= 0.3 is 5.97 Å². The van der Waals surface area contributed by atoms with Crippen LogP contribution in [-0.2, 0) is 23.9 Å². The van der Waals surface area contributed by atoms with Crippen LogP contribution in [0.3, 0.4) is 0 Å². The summed E-state index contributed by atoms with van der Waals surface area (Å²) in [7, 11) is 2.96. The number of carbonyl (C=O) groups is 4. The standard InChI is InChI=1S/C22H24N2O7/c1-11(24-20(26)18-12-4-5-13(8-12)19(18)21(24)27)22(28)31-10-17(25)23-15-7-6-14(29-2)9-16(15)30-3/h4-7,9,11-13,18-19H,8,10H2,1-3H3,(H,23,25)/t11-,12-,13-,18-,19-/m0/s1. The number of hydrogen-bond acceptors (Lipinski definition) is 7. The first kappa shape index (κ1) is 20.9. The highest BCUT2D eigenvalue weighted by atomic mass is 16.5. The highest BCUT2D eigenvalue weighted by molar-refractivity contribution is 6.09. The van der Waals surface area contributed by atoms with Crippen LogP contribution in [0.4, 0.5) is 5.69 Å². The fraction of sp³-hybridized carbons (Fsp3) is 0.455. The van der Waals surface area contributed by atoms with Crippen LogP contribution in [0.2, 0.25) is 0 Å². The SMILES string of the molecule is COc1ccc(NC(=O)COC(=O)[C@H](C)N2C(=O)[C@@H]3[C@@H](C2=O)[C@H]2C=C[C@H]3C2)c(OC)c1. The molecule has 0 aromatic heterocycles. The maximum Gasteiger partial charge on any atom is 0.329 e. The van der Waals surface area contributed by atoms with Crippen molar-refractivity contribution in [1.82, 2.24) is 4.90 Å². The van der Waals surface area contributed by atoms with Gasteiger partial charge in [-0.1, -0.05) is 12.2 Å². The van der Waals surface area contributed by atoms with Crippen molar-refractivity contribution in [3.63, 3.8) is 0 Å². The molecule has 2 aliphatic carbocycles. The summed E-state index contributed by atoms with van der Waals surface area (Å²) in [5.41, 5.74) is 0.387. The van der Waals surface area contributed by atoms with Crippen LogP contribution in [0.15, 0.2) is 30.4 Å². The van der Waals surface area contributed by atoms with Crippen LogP contribution in [0.1, 0.15) is 13.3 Å². The van der Waals surface area contributed by atoms with Gasteiger partial charge in [-0.3, -0.25) is 19.3 Å². The summed E-state index contributed by atoms with van der Waals surface area (Å²) in [5.74, 6) is -1.76. The third kappa shape index (κ3) is 3.54. The molecule has 0 spiro atoms. The first-order valence-electron chi connectivity index (χ1n) is 10.1. The van der Waals surface area contributed by atoms with Crippen molar-refractivity contribution >= 4 is 29.4 Å². The Morgan fingerprint density at radius 3 is 2.32 bits per heavy atom. The number of fused-ring (bicyclic) bond motifs is 5. The van der Waals surface area contributed by atoms with Crippen LogP contribution in [-0.4, -0.2) is 55.5 Å². The van der Waals surface area contributed by atoms with Crippen molar-refractivity contribution in [3.05, 3.63) is 30.4 Å². The Kier molecular flexibility index (Phi) is 5.43. The van der Waals surface area contributed by atoms with E-state index >= 15 is 0 Å². The summed E-state index contributed by atoms with van der Waals surface area (Å²) in [6.45, 7) is 0.882. The lowest BCUT2D eigenvalue weighted by atomic mass is 9.85. The summed E-state index contributed by atoms with van der Waals surface area (Å²) < 4.78 is 15.4. The molecular weight excluding hydrogens is 404 g/mol. The predicted molar refractivity (Wildman–Crippen MR) is 108 cm³/mol. The number of imide groups is 1. The number of esters is 1. The second kappa shape index (κ2) is 8.05. The highest BCUT2D eigenvalue weighted by Crippen LogP contribution is 2.52. The van der Waals surface area contributed by atoms with Gasteiger partial charge in [0.15, 0.2) is 6.61 Å². The fourth-order valence-electron chi connectivity index (χ4n) is 4.76. The van der Waals surface area contributed by atoms with E-state index < -0.39 is 24.5 Å². The Morgan fingerprint density at radius 2 is 1.74 bits per heavy atom. The zero-order valence-corrected chi connectivity index (χ0v) is 17.5. The Labute approximate surface area is 179 Å². The second-order valence-corrected chi connectivity index (χ2v) is 7.94. The summed E-state index contributed by atoms with van der Waals surface area (Å²) in [6, 6.07) is 3.76. The number of benzene rings is 1. The molecule has 31 heavy (non-hydrogen) atoms. The number of ether oxygens (including phenoxy) is 3. The zero-order chi connectivity index (χ0) is 22.3. The molecule has 1 aromatic carbocycles. The van der Waals surface area contributed by atoms with Crippen LogP contribution in [0, 0.1) is 23.7 Å². The van der Waals surface area contributed by atoms with E-state index in [0.29, 0.717) is 17.2 Å². The van der Waals surface area contributed by atoms with E-state index in [0.717, 1.165) is 11.3 Å². The molecule has 0 radical (unpaired) electrons. The molecule has 1 N–H and O–H groups in total. The van der Waals surface area contributed by atoms with Gasteiger partial charge in [0.2, 0.25) is 11.8 Å². The van der Waals surface area contributed by atoms with Crippen LogP contribution >= 0.6 is 0 Å². The third-order valence-electron chi connectivity index (χ3n) is 6.26. The maximum absolute atomic E-state index is 12.8. The monoisotopic (exact) mass is 428 g/mol. The third-order valence-corrected chi connectivity index (χ3v) is 6.26. The molecule has 2 bridgehead atoms. The number of allylic oxidation sites excluding steroid dienone is 2. The number of nitrogens with one attached hydrogen (secondary N) is 1. The van der Waals surface area contributed by atoms with E-state index in [1.165, 1.54) is 21.1 Å². The van der Waals surface area contributed by atoms with Crippen molar-refractivity contribution in [2.75, 3.05) is 26.1 Å². The molecule has 9 nitrogen and oxygen atoms in total. The number of amides is 3. The van der Waals surface area contributed by atoms with Gasteiger partial charge in [-0.25, -0.2) is 4.79 Å². The summed E-state index contributed by atoms with van der Waals surface area (Å²) >= 11 is 0. The van der Waals surface area contributed by atoms with Crippen LogP contribution in [0.25, 0.3) is 0 Å². The topological polar surface area (TPSA) is 111 Å². The number of likely N-dealkylation sites (tertiary alicyclic amines) is 1. The molecule has 1 saturated heterocycles. The van der Waals surface area contributed by atoms with Gasteiger partial charge < -0.3 is 19.5 Å². The lowest BCUT2D eigenvalue weighted by Crippen LogP contribution is -2.45. The molecule has 1 aliphatic heterocycles. The second-order valence-electron chi connectivity index (χ2n) is 7.94. The van der Waals surface area contributed by atoms with Gasteiger partial charge in [-0.05, 0) is 37.3 Å². The minimum absolute atomic E-state index is 0.0601. The molecule has 164 valence electrons. The molecular formula is C22H24N2O7. The highest BCUT2D eigenvalue weighted by Gasteiger charge is 2.60. The van der Waals surface area contributed by atoms with E-state index in [2.05, 4.69) is 5.32 Å². The van der Waals surface area contributed by atoms with Crippen molar-refractivity contribution in [2.45, 2.75) is 19.4 Å². The fourth-order valence-corrected chi connectivity index (χ4v) is 4.76. The van der Waals surface area contributed by atoms with Gasteiger partial charge in [-0.2, -0.15) is 0 Å². The van der Waals surface area contributed by atoms with Gasteiger partial charge in [-0.15, -0.1) is 0 Å². The molecule has 9 heteroatoms. The number of methoxy groups -OCH3 is 2. The smallest absolute Gasteiger partial charge is 0.329 e. The lowest BCUT2D eigenvalue weighted by Gasteiger charge is -2.23. The summed E-state index contributed by atoms with van der Waals surface area (Å²) in [4.78, 5) is 51.3. The number of hydrogen-bond donors (Lipinski definition) is 1. The molecule has 2 fully saturated rings. The first-order chi connectivity index (χ1) is 14.8. The largest absolute Gasteiger partial charge is 0.497 e. The summed E-state index contributed by atoms with van der Waals surface area (Å²) in [5, 5.41) is 2.59. The molecule has 4 rings (SSSR count). The van der Waals surface area contributed by atoms with Crippen molar-refractivity contribution in [2.24, 2.45) is 23.7 Å². The zero-order valence-electron chi connectivity index (χ0n) is 17.5. The van der Waals surface area contributed by atoms with E-state index in [1.807, 2.05) is 12.2 Å². The molecule has 5 atom stereocenters. The van der Waals surface area contributed by atoms with Crippen molar-refractivity contribution < 1.29 is 33.4 Å². The number of carbonyl (C=O) groups excluding carboxylic acids is 4. The Bertz CT molecular complexity index is 943. The predicted octanol–water partition coefficient (Wildman–Crippen LogP) is 1.38. The Hall–Kier alpha value is -3.36. The molecule has 0 unspecified atom stereocenters. The molecule has 1 saturated carbocycles. The number of nitrogens with zero attached hydrogens (tertiary/aromatic N) is 1.